The van der Waals surface area contributed by atoms with Crippen LogP contribution in [-0.4, -0.2) is 29.0 Å². The molecule has 134 valence electrons. The Labute approximate surface area is 159 Å². The minimum atomic E-state index is -0.158. The summed E-state index contributed by atoms with van der Waals surface area (Å²) >= 11 is 7.04. The number of aryl methyl sites for hydroxylation is 1. The lowest BCUT2D eigenvalue weighted by Crippen LogP contribution is -2.14. The van der Waals surface area contributed by atoms with E-state index in [9.17, 15) is 4.79 Å². The topological polar surface area (TPSA) is 77.2 Å². The highest BCUT2D eigenvalue weighted by Crippen LogP contribution is 2.25. The maximum Gasteiger partial charge on any atom is 0.277 e. The fraction of sp³-hybridized carbons (Fsp3) is 0.167. The highest BCUT2D eigenvalue weighted by Gasteiger charge is 2.12. The third-order valence-corrected chi connectivity index (χ3v) is 4.60. The molecular formula is C18H16ClN3O3S. The molecule has 26 heavy (non-hydrogen) atoms. The molecule has 0 spiro atoms. The Kier molecular flexibility index (Phi) is 5.80. The van der Waals surface area contributed by atoms with E-state index in [-0.39, 0.29) is 11.7 Å². The van der Waals surface area contributed by atoms with Crippen molar-refractivity contribution in [1.29, 1.82) is 0 Å². The molecule has 0 radical (unpaired) electrons. The summed E-state index contributed by atoms with van der Waals surface area (Å²) < 4.78 is 10.7. The van der Waals surface area contributed by atoms with E-state index in [0.717, 1.165) is 22.6 Å². The molecule has 2 aromatic carbocycles. The molecular weight excluding hydrogens is 374 g/mol. The summed E-state index contributed by atoms with van der Waals surface area (Å²) in [6.45, 7) is 1.90. The molecule has 6 nitrogen and oxygen atoms in total. The van der Waals surface area contributed by atoms with Gasteiger partial charge < -0.3 is 14.5 Å². The van der Waals surface area contributed by atoms with Gasteiger partial charge in [-0.1, -0.05) is 23.4 Å². The number of amides is 1. The molecule has 8 heteroatoms. The van der Waals surface area contributed by atoms with Crippen LogP contribution in [0.5, 0.6) is 5.75 Å². The van der Waals surface area contributed by atoms with Gasteiger partial charge in [0, 0.05) is 16.3 Å². The molecule has 0 bridgehead atoms. The molecule has 0 aliphatic carbocycles. The van der Waals surface area contributed by atoms with E-state index in [4.69, 9.17) is 20.8 Å². The number of halogens is 1. The summed E-state index contributed by atoms with van der Waals surface area (Å²) in [6.07, 6.45) is 0. The molecule has 3 rings (SSSR count). The number of anilines is 1. The monoisotopic (exact) mass is 389 g/mol. The van der Waals surface area contributed by atoms with Crippen LogP contribution in [0.15, 0.2) is 52.1 Å². The fourth-order valence-electron chi connectivity index (χ4n) is 2.19. The molecule has 1 heterocycles. The van der Waals surface area contributed by atoms with Crippen molar-refractivity contribution >= 4 is 35.0 Å². The molecule has 3 aromatic rings. The summed E-state index contributed by atoms with van der Waals surface area (Å²) in [6, 6.07) is 12.6. The van der Waals surface area contributed by atoms with Gasteiger partial charge in [-0.3, -0.25) is 4.79 Å². The first-order valence-electron chi connectivity index (χ1n) is 7.72. The minimum absolute atomic E-state index is 0.158. The Morgan fingerprint density at radius 1 is 1.23 bits per heavy atom. The van der Waals surface area contributed by atoms with Gasteiger partial charge in [-0.2, -0.15) is 0 Å². The predicted octanol–water partition coefficient (Wildman–Crippen LogP) is 4.44. The van der Waals surface area contributed by atoms with Gasteiger partial charge in [0.1, 0.15) is 5.75 Å². The van der Waals surface area contributed by atoms with Crippen LogP contribution in [0.25, 0.3) is 11.5 Å². The number of methoxy groups -OCH3 is 1. The second-order valence-corrected chi connectivity index (χ2v) is 6.76. The van der Waals surface area contributed by atoms with Crippen molar-refractivity contribution < 1.29 is 13.9 Å². The zero-order valence-electron chi connectivity index (χ0n) is 14.2. The molecule has 0 fully saturated rings. The summed E-state index contributed by atoms with van der Waals surface area (Å²) in [4.78, 5) is 12.1. The van der Waals surface area contributed by atoms with Gasteiger partial charge in [0.15, 0.2) is 0 Å². The van der Waals surface area contributed by atoms with Gasteiger partial charge in [0.2, 0.25) is 11.8 Å². The van der Waals surface area contributed by atoms with Crippen LogP contribution in [0.3, 0.4) is 0 Å². The summed E-state index contributed by atoms with van der Waals surface area (Å²) in [5.74, 6) is 1.13. The fourth-order valence-corrected chi connectivity index (χ4v) is 2.88. The Bertz CT molecular complexity index is 912. The molecule has 1 N–H and O–H groups in total. The number of aromatic nitrogens is 2. The second-order valence-electron chi connectivity index (χ2n) is 5.40. The van der Waals surface area contributed by atoms with Crippen LogP contribution < -0.4 is 10.1 Å². The van der Waals surface area contributed by atoms with E-state index < -0.39 is 0 Å². The third-order valence-electron chi connectivity index (χ3n) is 3.53. The first-order valence-corrected chi connectivity index (χ1v) is 9.08. The number of rotatable bonds is 6. The molecule has 0 saturated carbocycles. The average Bonchev–Trinajstić information content (AvgIpc) is 3.11. The quantitative estimate of drug-likeness (QED) is 0.628. The zero-order chi connectivity index (χ0) is 18.5. The van der Waals surface area contributed by atoms with Gasteiger partial charge in [-0.25, -0.2) is 0 Å². The van der Waals surface area contributed by atoms with E-state index in [0.29, 0.717) is 16.1 Å². The number of hydrogen-bond acceptors (Lipinski definition) is 6. The first-order chi connectivity index (χ1) is 12.5. The van der Waals surface area contributed by atoms with E-state index in [1.165, 1.54) is 11.8 Å². The summed E-state index contributed by atoms with van der Waals surface area (Å²) in [7, 11) is 1.60. The number of hydrogen-bond donors (Lipinski definition) is 1. The SMILES string of the molecule is COc1ccc(NC(=O)CSc2nnc(-c3ccc(Cl)cc3)o2)c(C)c1. The van der Waals surface area contributed by atoms with Crippen molar-refractivity contribution in [3.8, 4) is 17.2 Å². The second kappa shape index (κ2) is 8.25. The Morgan fingerprint density at radius 3 is 2.69 bits per heavy atom. The largest absolute Gasteiger partial charge is 0.497 e. The summed E-state index contributed by atoms with van der Waals surface area (Å²) in [5.41, 5.74) is 2.43. The molecule has 0 unspecified atom stereocenters. The van der Waals surface area contributed by atoms with Gasteiger partial charge in [-0.15, -0.1) is 10.2 Å². The number of benzene rings is 2. The highest BCUT2D eigenvalue weighted by atomic mass is 35.5. The van der Waals surface area contributed by atoms with E-state index in [2.05, 4.69) is 15.5 Å². The van der Waals surface area contributed by atoms with Crippen LogP contribution in [-0.2, 0) is 4.79 Å². The number of nitrogens with one attached hydrogen (secondary N) is 1. The maximum absolute atomic E-state index is 12.1. The van der Waals surface area contributed by atoms with Crippen LogP contribution in [0.2, 0.25) is 5.02 Å². The van der Waals surface area contributed by atoms with Crippen molar-refractivity contribution in [3.63, 3.8) is 0 Å². The van der Waals surface area contributed by atoms with Crippen molar-refractivity contribution in [1.82, 2.24) is 10.2 Å². The van der Waals surface area contributed by atoms with Crippen LogP contribution in [0, 0.1) is 6.92 Å². The standard InChI is InChI=1S/C18H16ClN3O3S/c1-11-9-14(24-2)7-8-15(11)20-16(23)10-26-18-22-21-17(25-18)12-3-5-13(19)6-4-12/h3-9H,10H2,1-2H3,(H,20,23). The van der Waals surface area contributed by atoms with Crippen molar-refractivity contribution in [2.45, 2.75) is 12.1 Å². The van der Waals surface area contributed by atoms with Gasteiger partial charge in [-0.05, 0) is 55.0 Å². The van der Waals surface area contributed by atoms with E-state index in [1.807, 2.05) is 19.1 Å². The Morgan fingerprint density at radius 2 is 2.00 bits per heavy atom. The van der Waals surface area contributed by atoms with Gasteiger partial charge >= 0.3 is 0 Å². The number of carbonyl (C=O) groups is 1. The highest BCUT2D eigenvalue weighted by molar-refractivity contribution is 7.99. The van der Waals surface area contributed by atoms with Gasteiger partial charge in [0.05, 0.1) is 12.9 Å². The van der Waals surface area contributed by atoms with Crippen molar-refractivity contribution in [2.24, 2.45) is 0 Å². The van der Waals surface area contributed by atoms with Crippen LogP contribution in [0.4, 0.5) is 5.69 Å². The molecule has 1 aromatic heterocycles. The lowest BCUT2D eigenvalue weighted by atomic mass is 10.2. The molecule has 0 aliphatic heterocycles. The average molecular weight is 390 g/mol. The molecule has 0 saturated heterocycles. The summed E-state index contributed by atoms with van der Waals surface area (Å²) in [5, 5.41) is 11.8. The number of carbonyl (C=O) groups excluding carboxylic acids is 1. The molecule has 0 atom stereocenters. The third kappa shape index (κ3) is 4.56. The number of nitrogens with zero attached hydrogens (tertiary/aromatic N) is 2. The number of ether oxygens (including phenoxy) is 1. The molecule has 1 amide bonds. The van der Waals surface area contributed by atoms with E-state index in [1.54, 1.807) is 37.4 Å². The van der Waals surface area contributed by atoms with Crippen LogP contribution in [0.1, 0.15) is 5.56 Å². The maximum atomic E-state index is 12.1. The minimum Gasteiger partial charge on any atom is -0.497 e. The smallest absolute Gasteiger partial charge is 0.277 e. The lowest BCUT2D eigenvalue weighted by Gasteiger charge is -2.09. The molecule has 0 aliphatic rings. The van der Waals surface area contributed by atoms with Crippen molar-refractivity contribution in [2.75, 3.05) is 18.2 Å². The lowest BCUT2D eigenvalue weighted by molar-refractivity contribution is -0.113. The van der Waals surface area contributed by atoms with Crippen molar-refractivity contribution in [3.05, 3.63) is 53.1 Å². The Hall–Kier alpha value is -2.51. The van der Waals surface area contributed by atoms with E-state index >= 15 is 0 Å². The van der Waals surface area contributed by atoms with Gasteiger partial charge in [0.25, 0.3) is 5.22 Å². The first kappa shape index (κ1) is 18.3. The van der Waals surface area contributed by atoms with Crippen LogP contribution >= 0.6 is 23.4 Å². The number of thioether (sulfide) groups is 1. The Balaban J connectivity index is 1.57. The normalized spacial score (nSPS) is 10.6. The zero-order valence-corrected chi connectivity index (χ0v) is 15.7. The predicted molar refractivity (Wildman–Crippen MR) is 102 cm³/mol.